The van der Waals surface area contributed by atoms with E-state index in [9.17, 15) is 9.59 Å². The Hall–Kier alpha value is -3.41. The van der Waals surface area contributed by atoms with Crippen LogP contribution in [-0.4, -0.2) is 22.0 Å². The van der Waals surface area contributed by atoms with E-state index in [0.29, 0.717) is 12.0 Å². The molecule has 124 valence electrons. The van der Waals surface area contributed by atoms with Crippen LogP contribution in [0.25, 0.3) is 22.5 Å². The number of nitrogens with two attached hydrogens (primary N) is 1. The Kier molecular flexibility index (Phi) is 3.39. The van der Waals surface area contributed by atoms with Gasteiger partial charge in [0.25, 0.3) is 0 Å². The molecule has 4 N–H and O–H groups in total. The molecule has 6 heteroatoms. The van der Waals surface area contributed by atoms with Gasteiger partial charge in [0.1, 0.15) is 0 Å². The van der Waals surface area contributed by atoms with Gasteiger partial charge in [-0.1, -0.05) is 18.2 Å². The Bertz CT molecular complexity index is 1020. The van der Waals surface area contributed by atoms with Crippen molar-refractivity contribution in [2.24, 2.45) is 5.73 Å². The van der Waals surface area contributed by atoms with Crippen molar-refractivity contribution in [3.8, 4) is 22.5 Å². The molecule has 25 heavy (non-hydrogen) atoms. The van der Waals surface area contributed by atoms with E-state index in [1.165, 1.54) is 6.92 Å². The average molecular weight is 332 g/mol. The highest BCUT2D eigenvalue weighted by atomic mass is 16.1. The highest BCUT2D eigenvalue weighted by molar-refractivity contribution is 5.95. The molecule has 4 rings (SSSR count). The van der Waals surface area contributed by atoms with Crippen LogP contribution in [0.15, 0.2) is 42.5 Å². The summed E-state index contributed by atoms with van der Waals surface area (Å²) in [6.07, 6.45) is 0.683. The molecule has 1 heterocycles. The lowest BCUT2D eigenvalue weighted by Crippen LogP contribution is -2.11. The van der Waals surface area contributed by atoms with Gasteiger partial charge >= 0.3 is 0 Å². The molecule has 0 spiro atoms. The number of benzene rings is 2. The van der Waals surface area contributed by atoms with Gasteiger partial charge in [-0.15, -0.1) is 0 Å². The van der Waals surface area contributed by atoms with Gasteiger partial charge in [0, 0.05) is 41.3 Å². The molecule has 0 atom stereocenters. The molecule has 0 saturated heterocycles. The van der Waals surface area contributed by atoms with E-state index in [-0.39, 0.29) is 5.91 Å². The maximum Gasteiger partial charge on any atom is 0.248 e. The summed E-state index contributed by atoms with van der Waals surface area (Å²) < 4.78 is 0. The van der Waals surface area contributed by atoms with E-state index in [1.54, 1.807) is 6.07 Å². The van der Waals surface area contributed by atoms with Crippen LogP contribution in [0, 0.1) is 0 Å². The number of hydrogen-bond donors (Lipinski definition) is 3. The highest BCUT2D eigenvalue weighted by Crippen LogP contribution is 2.40. The minimum atomic E-state index is -0.431. The number of aromatic nitrogens is 2. The number of fused-ring (bicyclic) bond motifs is 3. The molecule has 1 aromatic heterocycles. The Morgan fingerprint density at radius 1 is 1.20 bits per heavy atom. The number of carbonyl (C=O) groups excluding carboxylic acids is 2. The minimum Gasteiger partial charge on any atom is -0.366 e. The predicted octanol–water partition coefficient (Wildman–Crippen LogP) is 2.71. The Morgan fingerprint density at radius 2 is 2.04 bits per heavy atom. The maximum absolute atomic E-state index is 11.4. The van der Waals surface area contributed by atoms with Crippen LogP contribution < -0.4 is 11.1 Å². The summed E-state index contributed by atoms with van der Waals surface area (Å²) in [6, 6.07) is 13.0. The molecule has 2 amide bonds. The molecule has 6 nitrogen and oxygen atoms in total. The summed E-state index contributed by atoms with van der Waals surface area (Å²) >= 11 is 0. The molecule has 0 saturated carbocycles. The molecule has 2 aromatic carbocycles. The molecule has 3 aromatic rings. The first-order valence-electron chi connectivity index (χ1n) is 7.91. The van der Waals surface area contributed by atoms with Crippen molar-refractivity contribution in [3.63, 3.8) is 0 Å². The molecule has 1 aliphatic carbocycles. The third kappa shape index (κ3) is 2.57. The van der Waals surface area contributed by atoms with Gasteiger partial charge in [-0.05, 0) is 29.8 Å². The van der Waals surface area contributed by atoms with Crippen molar-refractivity contribution in [2.45, 2.75) is 13.3 Å². The second kappa shape index (κ2) is 5.59. The van der Waals surface area contributed by atoms with E-state index >= 15 is 0 Å². The van der Waals surface area contributed by atoms with Crippen LogP contribution in [-0.2, 0) is 11.2 Å². The van der Waals surface area contributed by atoms with E-state index in [2.05, 4.69) is 15.5 Å². The smallest absolute Gasteiger partial charge is 0.248 e. The van der Waals surface area contributed by atoms with Crippen LogP contribution in [0.4, 0.5) is 5.69 Å². The van der Waals surface area contributed by atoms with Crippen molar-refractivity contribution in [1.82, 2.24) is 10.2 Å². The van der Waals surface area contributed by atoms with Gasteiger partial charge in [0.05, 0.1) is 11.4 Å². The maximum atomic E-state index is 11.4. The van der Waals surface area contributed by atoms with E-state index < -0.39 is 5.91 Å². The fourth-order valence-corrected chi connectivity index (χ4v) is 3.27. The SMILES string of the molecule is CC(=O)Nc1cccc(-c2n[nH]c3c2Cc2cc(C(N)=O)ccc2-3)c1. The van der Waals surface area contributed by atoms with Gasteiger partial charge in [-0.2, -0.15) is 5.10 Å². The number of nitrogens with zero attached hydrogens (tertiary/aromatic N) is 1. The normalized spacial score (nSPS) is 11.7. The Morgan fingerprint density at radius 3 is 2.80 bits per heavy atom. The van der Waals surface area contributed by atoms with Crippen molar-refractivity contribution in [1.29, 1.82) is 0 Å². The lowest BCUT2D eigenvalue weighted by Gasteiger charge is -2.05. The summed E-state index contributed by atoms with van der Waals surface area (Å²) in [4.78, 5) is 22.7. The van der Waals surface area contributed by atoms with Gasteiger partial charge in [0.2, 0.25) is 11.8 Å². The predicted molar refractivity (Wildman–Crippen MR) is 95.1 cm³/mol. The molecular formula is C19H16N4O2. The molecular weight excluding hydrogens is 316 g/mol. The Labute approximate surface area is 144 Å². The van der Waals surface area contributed by atoms with Crippen molar-refractivity contribution < 1.29 is 9.59 Å². The third-order valence-electron chi connectivity index (χ3n) is 4.35. The Balaban J connectivity index is 1.74. The van der Waals surface area contributed by atoms with Gasteiger partial charge in [-0.3, -0.25) is 14.7 Å². The summed E-state index contributed by atoms with van der Waals surface area (Å²) in [6.45, 7) is 1.48. The number of anilines is 1. The fraction of sp³-hybridized carbons (Fsp3) is 0.105. The van der Waals surface area contributed by atoms with Crippen molar-refractivity contribution in [2.75, 3.05) is 5.32 Å². The van der Waals surface area contributed by atoms with Gasteiger partial charge in [-0.25, -0.2) is 0 Å². The first kappa shape index (κ1) is 15.1. The zero-order valence-corrected chi connectivity index (χ0v) is 13.6. The number of H-pyrrole nitrogens is 1. The summed E-state index contributed by atoms with van der Waals surface area (Å²) in [7, 11) is 0. The van der Waals surface area contributed by atoms with E-state index in [1.807, 2.05) is 36.4 Å². The van der Waals surface area contributed by atoms with Crippen LogP contribution in [0.2, 0.25) is 0 Å². The number of carbonyl (C=O) groups is 2. The first-order valence-corrected chi connectivity index (χ1v) is 7.91. The molecule has 1 aliphatic rings. The second-order valence-corrected chi connectivity index (χ2v) is 6.10. The zero-order valence-electron chi connectivity index (χ0n) is 13.6. The number of aromatic amines is 1. The fourth-order valence-electron chi connectivity index (χ4n) is 3.27. The largest absolute Gasteiger partial charge is 0.366 e. The van der Waals surface area contributed by atoms with E-state index in [4.69, 9.17) is 5.73 Å². The summed E-state index contributed by atoms with van der Waals surface area (Å²) in [5.41, 5.74) is 12.5. The number of primary amides is 1. The van der Waals surface area contributed by atoms with Crippen molar-refractivity contribution >= 4 is 17.5 Å². The molecule has 0 fully saturated rings. The number of rotatable bonds is 3. The third-order valence-corrected chi connectivity index (χ3v) is 4.35. The first-order chi connectivity index (χ1) is 12.0. The molecule has 0 bridgehead atoms. The number of hydrogen-bond acceptors (Lipinski definition) is 3. The van der Waals surface area contributed by atoms with Crippen LogP contribution in [0.1, 0.15) is 28.4 Å². The monoisotopic (exact) mass is 332 g/mol. The molecule has 0 aliphatic heterocycles. The van der Waals surface area contributed by atoms with E-state index in [0.717, 1.165) is 39.3 Å². The minimum absolute atomic E-state index is 0.115. The lowest BCUT2D eigenvalue weighted by atomic mass is 10.0. The zero-order chi connectivity index (χ0) is 17.6. The van der Waals surface area contributed by atoms with Crippen LogP contribution in [0.3, 0.4) is 0 Å². The number of amides is 2. The average Bonchev–Trinajstić information content (AvgIpc) is 3.12. The number of nitrogens with one attached hydrogen (secondary N) is 2. The lowest BCUT2D eigenvalue weighted by molar-refractivity contribution is -0.114. The molecule has 0 radical (unpaired) electrons. The van der Waals surface area contributed by atoms with Crippen molar-refractivity contribution in [3.05, 3.63) is 59.2 Å². The van der Waals surface area contributed by atoms with Crippen LogP contribution >= 0.6 is 0 Å². The summed E-state index contributed by atoms with van der Waals surface area (Å²) in [5, 5.41) is 10.3. The second-order valence-electron chi connectivity index (χ2n) is 6.10. The highest BCUT2D eigenvalue weighted by Gasteiger charge is 2.25. The van der Waals surface area contributed by atoms with Gasteiger partial charge in [0.15, 0.2) is 0 Å². The molecule has 0 unspecified atom stereocenters. The van der Waals surface area contributed by atoms with Crippen LogP contribution in [0.5, 0.6) is 0 Å². The summed E-state index contributed by atoms with van der Waals surface area (Å²) in [5.74, 6) is -0.546. The topological polar surface area (TPSA) is 101 Å². The quantitative estimate of drug-likeness (QED) is 0.537. The van der Waals surface area contributed by atoms with Gasteiger partial charge < -0.3 is 11.1 Å². The standard InChI is InChI=1S/C19H16N4O2/c1-10(24)21-14-4-2-3-11(8-14)17-16-9-13-7-12(19(20)25)5-6-15(13)18(16)23-22-17/h2-8H,9H2,1H3,(H2,20,25)(H,21,24)(H,22,23).